The SMILES string of the molecule is Cc1cccc(OC(C)C(N)=NO)c1C. The Kier molecular flexibility index (Phi) is 3.55. The Morgan fingerprint density at radius 3 is 2.73 bits per heavy atom. The van der Waals surface area contributed by atoms with Crippen LogP contribution in [0.4, 0.5) is 0 Å². The number of hydrogen-bond acceptors (Lipinski definition) is 3. The van der Waals surface area contributed by atoms with E-state index in [0.717, 1.165) is 16.9 Å². The number of oxime groups is 1. The lowest BCUT2D eigenvalue weighted by Gasteiger charge is -2.15. The molecule has 0 aromatic heterocycles. The quantitative estimate of drug-likeness (QED) is 0.344. The van der Waals surface area contributed by atoms with E-state index in [0.29, 0.717) is 0 Å². The topological polar surface area (TPSA) is 67.8 Å². The molecule has 0 bridgehead atoms. The second-order valence-electron chi connectivity index (χ2n) is 3.48. The van der Waals surface area contributed by atoms with Gasteiger partial charge in [0.1, 0.15) is 5.75 Å². The molecule has 0 aliphatic rings. The van der Waals surface area contributed by atoms with Crippen LogP contribution in [-0.4, -0.2) is 17.1 Å². The molecule has 0 amide bonds. The molecule has 3 N–H and O–H groups in total. The summed E-state index contributed by atoms with van der Waals surface area (Å²) >= 11 is 0. The Bertz CT molecular complexity index is 375. The van der Waals surface area contributed by atoms with Gasteiger partial charge in [-0.3, -0.25) is 0 Å². The van der Waals surface area contributed by atoms with Crippen LogP contribution >= 0.6 is 0 Å². The summed E-state index contributed by atoms with van der Waals surface area (Å²) in [6.07, 6.45) is -0.435. The number of ether oxygens (including phenoxy) is 1. The average Bonchev–Trinajstić information content (AvgIpc) is 2.23. The van der Waals surface area contributed by atoms with Crippen molar-refractivity contribution >= 4 is 5.84 Å². The summed E-state index contributed by atoms with van der Waals surface area (Å²) in [7, 11) is 0. The first-order valence-corrected chi connectivity index (χ1v) is 4.76. The molecule has 0 saturated heterocycles. The second-order valence-corrected chi connectivity index (χ2v) is 3.48. The zero-order valence-corrected chi connectivity index (χ0v) is 9.19. The van der Waals surface area contributed by atoms with E-state index in [9.17, 15) is 0 Å². The monoisotopic (exact) mass is 208 g/mol. The average molecular weight is 208 g/mol. The van der Waals surface area contributed by atoms with Gasteiger partial charge in [-0.15, -0.1) is 0 Å². The summed E-state index contributed by atoms with van der Waals surface area (Å²) in [4.78, 5) is 0. The van der Waals surface area contributed by atoms with Crippen LogP contribution in [0.25, 0.3) is 0 Å². The summed E-state index contributed by atoms with van der Waals surface area (Å²) in [5.74, 6) is 0.824. The van der Waals surface area contributed by atoms with E-state index in [2.05, 4.69) is 5.16 Å². The van der Waals surface area contributed by atoms with E-state index in [1.807, 2.05) is 32.0 Å². The predicted molar refractivity (Wildman–Crippen MR) is 59.4 cm³/mol. The van der Waals surface area contributed by atoms with E-state index in [4.69, 9.17) is 15.7 Å². The molecule has 1 rings (SSSR count). The zero-order valence-electron chi connectivity index (χ0n) is 9.19. The van der Waals surface area contributed by atoms with Gasteiger partial charge in [-0.2, -0.15) is 0 Å². The van der Waals surface area contributed by atoms with Gasteiger partial charge in [0.15, 0.2) is 11.9 Å². The molecule has 0 spiro atoms. The molecule has 1 unspecified atom stereocenters. The number of benzene rings is 1. The predicted octanol–water partition coefficient (Wildman–Crippen LogP) is 1.82. The summed E-state index contributed by atoms with van der Waals surface area (Å²) in [5, 5.41) is 11.4. The fraction of sp³-hybridized carbons (Fsp3) is 0.364. The van der Waals surface area contributed by atoms with Gasteiger partial charge in [-0.25, -0.2) is 0 Å². The Balaban J connectivity index is 2.86. The maximum atomic E-state index is 8.49. The largest absolute Gasteiger partial charge is 0.482 e. The van der Waals surface area contributed by atoms with Crippen molar-refractivity contribution in [3.63, 3.8) is 0 Å². The molecule has 0 aliphatic heterocycles. The number of amidine groups is 1. The van der Waals surface area contributed by atoms with Gasteiger partial charge in [0, 0.05) is 0 Å². The number of nitrogens with zero attached hydrogens (tertiary/aromatic N) is 1. The Morgan fingerprint density at radius 2 is 2.13 bits per heavy atom. The summed E-state index contributed by atoms with van der Waals surface area (Å²) < 4.78 is 5.56. The Morgan fingerprint density at radius 1 is 1.47 bits per heavy atom. The van der Waals surface area contributed by atoms with Gasteiger partial charge in [0.2, 0.25) is 0 Å². The van der Waals surface area contributed by atoms with Crippen molar-refractivity contribution in [2.75, 3.05) is 0 Å². The van der Waals surface area contributed by atoms with Crippen LogP contribution in [0.2, 0.25) is 0 Å². The first kappa shape index (κ1) is 11.4. The van der Waals surface area contributed by atoms with Crippen LogP contribution < -0.4 is 10.5 Å². The van der Waals surface area contributed by atoms with Gasteiger partial charge in [-0.05, 0) is 38.0 Å². The third-order valence-electron chi connectivity index (χ3n) is 2.39. The first-order chi connectivity index (χ1) is 7.06. The van der Waals surface area contributed by atoms with Crippen LogP contribution in [0.1, 0.15) is 18.1 Å². The molecule has 1 aromatic rings. The van der Waals surface area contributed by atoms with Crippen molar-refractivity contribution in [2.45, 2.75) is 26.9 Å². The maximum absolute atomic E-state index is 8.49. The molecular weight excluding hydrogens is 192 g/mol. The highest BCUT2D eigenvalue weighted by molar-refractivity contribution is 5.84. The Labute approximate surface area is 89.4 Å². The minimum atomic E-state index is -0.435. The standard InChI is InChI=1S/C11H16N2O2/c1-7-5-4-6-10(8(7)2)15-9(3)11(12)13-14/h4-6,9,14H,1-3H3,(H2,12,13). The maximum Gasteiger partial charge on any atom is 0.180 e. The molecule has 0 radical (unpaired) electrons. The molecule has 82 valence electrons. The second kappa shape index (κ2) is 4.68. The minimum Gasteiger partial charge on any atom is -0.482 e. The lowest BCUT2D eigenvalue weighted by molar-refractivity contribution is 0.264. The summed E-state index contributed by atoms with van der Waals surface area (Å²) in [6.45, 7) is 5.72. The highest BCUT2D eigenvalue weighted by Gasteiger charge is 2.11. The molecule has 0 aliphatic carbocycles. The Hall–Kier alpha value is -1.71. The van der Waals surface area contributed by atoms with Crippen molar-refractivity contribution in [1.82, 2.24) is 0 Å². The number of nitrogens with two attached hydrogens (primary N) is 1. The van der Waals surface area contributed by atoms with Gasteiger partial charge in [0.25, 0.3) is 0 Å². The highest BCUT2D eigenvalue weighted by atomic mass is 16.5. The summed E-state index contributed by atoms with van der Waals surface area (Å²) in [6, 6.07) is 5.79. The third-order valence-corrected chi connectivity index (χ3v) is 2.39. The number of rotatable bonds is 3. The van der Waals surface area contributed by atoms with Crippen LogP contribution in [0.5, 0.6) is 5.75 Å². The van der Waals surface area contributed by atoms with Crippen LogP contribution in [0, 0.1) is 13.8 Å². The van der Waals surface area contributed by atoms with E-state index >= 15 is 0 Å². The number of hydrogen-bond donors (Lipinski definition) is 2. The number of aryl methyl sites for hydroxylation is 1. The molecule has 0 heterocycles. The van der Waals surface area contributed by atoms with Crippen molar-refractivity contribution < 1.29 is 9.94 Å². The molecule has 15 heavy (non-hydrogen) atoms. The van der Waals surface area contributed by atoms with Crippen molar-refractivity contribution in [3.8, 4) is 5.75 Å². The summed E-state index contributed by atoms with van der Waals surface area (Å²) in [5.41, 5.74) is 7.64. The lowest BCUT2D eigenvalue weighted by atomic mass is 10.1. The molecular formula is C11H16N2O2. The van der Waals surface area contributed by atoms with Gasteiger partial charge in [0.05, 0.1) is 0 Å². The molecule has 1 aromatic carbocycles. The van der Waals surface area contributed by atoms with Gasteiger partial charge in [-0.1, -0.05) is 17.3 Å². The lowest BCUT2D eigenvalue weighted by Crippen LogP contribution is -2.31. The van der Waals surface area contributed by atoms with E-state index in [1.54, 1.807) is 6.92 Å². The van der Waals surface area contributed by atoms with Crippen molar-refractivity contribution in [1.29, 1.82) is 0 Å². The normalized spacial score (nSPS) is 13.7. The third kappa shape index (κ3) is 2.62. The van der Waals surface area contributed by atoms with Crippen LogP contribution in [0.15, 0.2) is 23.4 Å². The minimum absolute atomic E-state index is 0.0657. The first-order valence-electron chi connectivity index (χ1n) is 4.76. The van der Waals surface area contributed by atoms with Crippen LogP contribution in [-0.2, 0) is 0 Å². The molecule has 0 saturated carbocycles. The zero-order chi connectivity index (χ0) is 11.4. The van der Waals surface area contributed by atoms with E-state index in [1.165, 1.54) is 0 Å². The van der Waals surface area contributed by atoms with Gasteiger partial charge >= 0.3 is 0 Å². The molecule has 0 fully saturated rings. The van der Waals surface area contributed by atoms with Crippen molar-refractivity contribution in [2.24, 2.45) is 10.9 Å². The highest BCUT2D eigenvalue weighted by Crippen LogP contribution is 2.21. The molecule has 1 atom stereocenters. The fourth-order valence-corrected chi connectivity index (χ4v) is 1.18. The van der Waals surface area contributed by atoms with E-state index < -0.39 is 6.10 Å². The van der Waals surface area contributed by atoms with Gasteiger partial charge < -0.3 is 15.7 Å². The molecule has 4 heteroatoms. The van der Waals surface area contributed by atoms with Crippen molar-refractivity contribution in [3.05, 3.63) is 29.3 Å². The fourth-order valence-electron chi connectivity index (χ4n) is 1.18. The molecule has 4 nitrogen and oxygen atoms in total. The van der Waals surface area contributed by atoms with Crippen LogP contribution in [0.3, 0.4) is 0 Å². The smallest absolute Gasteiger partial charge is 0.180 e. The van der Waals surface area contributed by atoms with E-state index in [-0.39, 0.29) is 5.84 Å².